The van der Waals surface area contributed by atoms with E-state index in [9.17, 15) is 14.7 Å². The molecule has 3 rings (SSSR count). The summed E-state index contributed by atoms with van der Waals surface area (Å²) >= 11 is 0. The number of esters is 1. The van der Waals surface area contributed by atoms with Crippen LogP contribution in [0.1, 0.15) is 140 Å². The fourth-order valence-electron chi connectivity index (χ4n) is 6.12. The lowest BCUT2D eigenvalue weighted by molar-refractivity contribution is -0.253. The number of anilines is 1. The number of benzene rings is 2. The van der Waals surface area contributed by atoms with Gasteiger partial charge >= 0.3 is 5.97 Å². The van der Waals surface area contributed by atoms with Gasteiger partial charge in [-0.15, -0.1) is 0 Å². The smallest absolute Gasteiger partial charge is 0.303 e. The van der Waals surface area contributed by atoms with E-state index in [0.717, 1.165) is 42.7 Å². The molecule has 1 saturated heterocycles. The lowest BCUT2D eigenvalue weighted by Crippen LogP contribution is -2.40. The molecule has 2 N–H and O–H groups in total. The zero-order valence-corrected chi connectivity index (χ0v) is 29.4. The van der Waals surface area contributed by atoms with Gasteiger partial charge in [0.15, 0.2) is 12.4 Å². The SMILES string of the molecule is CCCCCCCCN(CCCCCCCC)CC1CC(c2ccc(CO)cc2)OC(c2ccc(NC(=O)C(C)OC(C)=O)cc2)O1. The number of carbonyl (C=O) groups excluding carboxylic acids is 2. The second-order valence-corrected chi connectivity index (χ2v) is 13.0. The molecule has 4 atom stereocenters. The van der Waals surface area contributed by atoms with Gasteiger partial charge in [-0.1, -0.05) is 114 Å². The normalized spacial score (nSPS) is 18.6. The quantitative estimate of drug-likeness (QED) is 0.0971. The van der Waals surface area contributed by atoms with E-state index in [2.05, 4.69) is 24.1 Å². The molecule has 4 unspecified atom stereocenters. The average molecular weight is 653 g/mol. The lowest BCUT2D eigenvalue weighted by Gasteiger charge is -2.38. The molecule has 1 aliphatic rings. The summed E-state index contributed by atoms with van der Waals surface area (Å²) in [5.41, 5.74) is 3.42. The van der Waals surface area contributed by atoms with Gasteiger partial charge in [-0.25, -0.2) is 0 Å². The lowest BCUT2D eigenvalue weighted by atomic mass is 9.99. The van der Waals surface area contributed by atoms with Crippen LogP contribution >= 0.6 is 0 Å². The van der Waals surface area contributed by atoms with Crippen LogP contribution in [0.25, 0.3) is 0 Å². The zero-order chi connectivity index (χ0) is 33.9. The number of ether oxygens (including phenoxy) is 3. The molecule has 2 aromatic rings. The van der Waals surface area contributed by atoms with E-state index >= 15 is 0 Å². The standard InChI is InChI=1S/C39H60N2O6/c1-5-7-9-11-13-15-25-41(26-16-14-12-10-8-6-2)28-36-27-37(33-19-17-32(29-42)18-20-33)47-39(46-36)34-21-23-35(24-22-34)40-38(44)30(3)45-31(4)43/h17-24,30,36-37,39,42H,5-16,25-29H2,1-4H3,(H,40,44). The number of aliphatic hydroxyl groups is 1. The Bertz CT molecular complexity index is 1140. The number of amides is 1. The van der Waals surface area contributed by atoms with Crippen LogP contribution in [0, 0.1) is 0 Å². The van der Waals surface area contributed by atoms with Gasteiger partial charge in [0.25, 0.3) is 5.91 Å². The molecule has 1 aliphatic heterocycles. The molecule has 0 aromatic heterocycles. The summed E-state index contributed by atoms with van der Waals surface area (Å²) in [7, 11) is 0. The molecule has 1 heterocycles. The molecule has 1 amide bonds. The third kappa shape index (κ3) is 14.5. The first-order valence-electron chi connectivity index (χ1n) is 18.1. The van der Waals surface area contributed by atoms with Crippen LogP contribution in [0.5, 0.6) is 0 Å². The van der Waals surface area contributed by atoms with E-state index in [1.54, 1.807) is 6.92 Å². The molecular formula is C39H60N2O6. The molecule has 0 aliphatic carbocycles. The summed E-state index contributed by atoms with van der Waals surface area (Å²) < 4.78 is 18.2. The molecular weight excluding hydrogens is 592 g/mol. The van der Waals surface area contributed by atoms with Crippen LogP contribution in [0.15, 0.2) is 48.5 Å². The highest BCUT2D eigenvalue weighted by molar-refractivity contribution is 5.94. The predicted octanol–water partition coefficient (Wildman–Crippen LogP) is 8.64. The molecule has 0 spiro atoms. The maximum atomic E-state index is 12.4. The van der Waals surface area contributed by atoms with Gasteiger partial charge in [0.2, 0.25) is 0 Å². The predicted molar refractivity (Wildman–Crippen MR) is 188 cm³/mol. The van der Waals surface area contributed by atoms with Crippen molar-refractivity contribution >= 4 is 17.6 Å². The Hall–Kier alpha value is -2.78. The number of nitrogens with zero attached hydrogens (tertiary/aromatic N) is 1. The van der Waals surface area contributed by atoms with Gasteiger partial charge in [0, 0.05) is 31.1 Å². The van der Waals surface area contributed by atoms with Crippen LogP contribution in [0.2, 0.25) is 0 Å². The fraction of sp³-hybridized carbons (Fsp3) is 0.641. The van der Waals surface area contributed by atoms with Gasteiger partial charge in [-0.05, 0) is 56.1 Å². The number of aliphatic hydroxyl groups excluding tert-OH is 1. The second-order valence-electron chi connectivity index (χ2n) is 13.0. The minimum absolute atomic E-state index is 0.00849. The third-order valence-electron chi connectivity index (χ3n) is 8.89. The number of hydrogen-bond donors (Lipinski definition) is 2. The van der Waals surface area contributed by atoms with Crippen molar-refractivity contribution < 1.29 is 28.9 Å². The van der Waals surface area contributed by atoms with Crippen molar-refractivity contribution in [1.29, 1.82) is 0 Å². The van der Waals surface area contributed by atoms with Gasteiger partial charge in [0.05, 0.1) is 18.8 Å². The number of hydrogen-bond acceptors (Lipinski definition) is 7. The van der Waals surface area contributed by atoms with E-state index in [-0.39, 0.29) is 24.7 Å². The van der Waals surface area contributed by atoms with Gasteiger partial charge < -0.3 is 29.5 Å². The highest BCUT2D eigenvalue weighted by atomic mass is 16.7. The summed E-state index contributed by atoms with van der Waals surface area (Å²) in [5, 5.41) is 12.4. The van der Waals surface area contributed by atoms with Crippen molar-refractivity contribution in [2.75, 3.05) is 25.0 Å². The van der Waals surface area contributed by atoms with Crippen molar-refractivity contribution in [3.63, 3.8) is 0 Å². The van der Waals surface area contributed by atoms with Crippen molar-refractivity contribution in [2.24, 2.45) is 0 Å². The van der Waals surface area contributed by atoms with Crippen LogP contribution < -0.4 is 5.32 Å². The molecule has 0 radical (unpaired) electrons. The summed E-state index contributed by atoms with van der Waals surface area (Å²) in [6, 6.07) is 15.5. The highest BCUT2D eigenvalue weighted by Gasteiger charge is 2.33. The minimum Gasteiger partial charge on any atom is -0.453 e. The Balaban J connectivity index is 1.72. The maximum Gasteiger partial charge on any atom is 0.303 e. The summed E-state index contributed by atoms with van der Waals surface area (Å²) in [5.74, 6) is -0.886. The summed E-state index contributed by atoms with van der Waals surface area (Å²) in [6.45, 7) is 10.4. The second kappa shape index (κ2) is 22.0. The molecule has 1 fully saturated rings. The topological polar surface area (TPSA) is 97.3 Å². The van der Waals surface area contributed by atoms with E-state index < -0.39 is 18.4 Å². The maximum absolute atomic E-state index is 12.4. The highest BCUT2D eigenvalue weighted by Crippen LogP contribution is 2.38. The first kappa shape index (κ1) is 38.7. The first-order chi connectivity index (χ1) is 22.8. The molecule has 0 bridgehead atoms. The van der Waals surface area contributed by atoms with Crippen LogP contribution in [-0.2, 0) is 30.4 Å². The number of rotatable bonds is 22. The Morgan fingerprint density at radius 2 is 1.38 bits per heavy atom. The monoisotopic (exact) mass is 652 g/mol. The largest absolute Gasteiger partial charge is 0.453 e. The van der Waals surface area contributed by atoms with Gasteiger partial charge in [-0.2, -0.15) is 0 Å². The van der Waals surface area contributed by atoms with Crippen molar-refractivity contribution in [2.45, 2.75) is 142 Å². The number of nitrogens with one attached hydrogen (secondary N) is 1. The molecule has 47 heavy (non-hydrogen) atoms. The van der Waals surface area contributed by atoms with Gasteiger partial charge in [0.1, 0.15) is 0 Å². The van der Waals surface area contributed by atoms with Gasteiger partial charge in [-0.3, -0.25) is 9.59 Å². The zero-order valence-electron chi connectivity index (χ0n) is 29.4. The molecule has 2 aromatic carbocycles. The minimum atomic E-state index is -0.883. The van der Waals surface area contributed by atoms with Crippen molar-refractivity contribution in [3.05, 3.63) is 65.2 Å². The van der Waals surface area contributed by atoms with Crippen molar-refractivity contribution in [1.82, 2.24) is 4.90 Å². The Kier molecular flexibility index (Phi) is 18.1. The average Bonchev–Trinajstić information content (AvgIpc) is 3.07. The van der Waals surface area contributed by atoms with Crippen LogP contribution in [-0.4, -0.2) is 53.7 Å². The van der Waals surface area contributed by atoms with Crippen LogP contribution in [0.3, 0.4) is 0 Å². The van der Waals surface area contributed by atoms with E-state index in [4.69, 9.17) is 14.2 Å². The third-order valence-corrected chi connectivity index (χ3v) is 8.89. The van der Waals surface area contributed by atoms with Crippen LogP contribution in [0.4, 0.5) is 5.69 Å². The number of carbonyl (C=O) groups is 2. The molecule has 0 saturated carbocycles. The molecule has 8 nitrogen and oxygen atoms in total. The Labute approximate surface area is 283 Å². The summed E-state index contributed by atoms with van der Waals surface area (Å²) in [6.07, 6.45) is 14.5. The molecule has 262 valence electrons. The van der Waals surface area contributed by atoms with E-state index in [1.165, 1.54) is 84.0 Å². The first-order valence-corrected chi connectivity index (χ1v) is 18.1. The van der Waals surface area contributed by atoms with E-state index in [0.29, 0.717) is 5.69 Å². The van der Waals surface area contributed by atoms with E-state index in [1.807, 2.05) is 48.5 Å². The fourth-order valence-corrected chi connectivity index (χ4v) is 6.12. The van der Waals surface area contributed by atoms with Crippen molar-refractivity contribution in [3.8, 4) is 0 Å². The number of unbranched alkanes of at least 4 members (excludes halogenated alkanes) is 10. The summed E-state index contributed by atoms with van der Waals surface area (Å²) in [4.78, 5) is 26.3. The Morgan fingerprint density at radius 1 is 0.830 bits per heavy atom. The molecule has 8 heteroatoms. The Morgan fingerprint density at radius 3 is 1.94 bits per heavy atom.